The molecule has 1 atom stereocenters. The molecule has 1 heteroatoms. The first kappa shape index (κ1) is 33.0. The van der Waals surface area contributed by atoms with Gasteiger partial charge in [-0.25, -0.2) is 0 Å². The summed E-state index contributed by atoms with van der Waals surface area (Å²) in [6.07, 6.45) is 40.0. The zero-order valence-electron chi connectivity index (χ0n) is 23.5. The predicted octanol–water partition coefficient (Wildman–Crippen LogP) is 11.7. The summed E-state index contributed by atoms with van der Waals surface area (Å²) in [7, 11) is 0. The van der Waals surface area contributed by atoms with Gasteiger partial charge in [0, 0.05) is 0 Å². The minimum Gasteiger partial charge on any atom is -0.393 e. The second kappa shape index (κ2) is 30.0. The molecule has 0 amide bonds. The van der Waals surface area contributed by atoms with E-state index in [9.17, 15) is 5.11 Å². The first-order chi connectivity index (χ1) is 16.3. The summed E-state index contributed by atoms with van der Waals surface area (Å²) in [6, 6.07) is 0. The molecule has 0 aliphatic carbocycles. The standard InChI is InChI=1S/C32H66O/c1-3-5-7-9-11-13-15-16-17-18-19-21-23-25-27-29-31-32(33)30-28-26-24-22-20-14-12-10-8-6-4-2/h32-33H,3-31H2,1-2H3/t32-/m0/s1. The lowest BCUT2D eigenvalue weighted by atomic mass is 10.0. The van der Waals surface area contributed by atoms with Crippen molar-refractivity contribution in [1.82, 2.24) is 0 Å². The van der Waals surface area contributed by atoms with Gasteiger partial charge < -0.3 is 5.11 Å². The SMILES string of the molecule is CCCCCCCCCCCCCCCCCC[C@@H](O)CCCCCCCCCCCCC. The van der Waals surface area contributed by atoms with Gasteiger partial charge >= 0.3 is 0 Å². The van der Waals surface area contributed by atoms with Crippen molar-refractivity contribution in [2.45, 2.75) is 206 Å². The van der Waals surface area contributed by atoms with E-state index in [-0.39, 0.29) is 6.10 Å². The lowest BCUT2D eigenvalue weighted by Gasteiger charge is -2.10. The molecule has 0 aromatic heterocycles. The van der Waals surface area contributed by atoms with Crippen LogP contribution in [0.25, 0.3) is 0 Å². The molecule has 0 fully saturated rings. The minimum absolute atomic E-state index is 0.0322. The zero-order chi connectivity index (χ0) is 24.1. The predicted molar refractivity (Wildman–Crippen MR) is 151 cm³/mol. The topological polar surface area (TPSA) is 20.2 Å². The van der Waals surface area contributed by atoms with Gasteiger partial charge in [0.15, 0.2) is 0 Å². The molecule has 0 spiro atoms. The molecular weight excluding hydrogens is 400 g/mol. The van der Waals surface area contributed by atoms with Crippen LogP contribution < -0.4 is 0 Å². The molecule has 0 unspecified atom stereocenters. The summed E-state index contributed by atoms with van der Waals surface area (Å²) in [6.45, 7) is 4.59. The molecule has 0 aliphatic rings. The third-order valence-electron chi connectivity index (χ3n) is 7.53. The highest BCUT2D eigenvalue weighted by atomic mass is 16.3. The highest BCUT2D eigenvalue weighted by Crippen LogP contribution is 2.16. The fourth-order valence-electron chi connectivity index (χ4n) is 5.12. The molecule has 0 aliphatic heterocycles. The van der Waals surface area contributed by atoms with Crippen molar-refractivity contribution in [2.75, 3.05) is 0 Å². The molecule has 200 valence electrons. The highest BCUT2D eigenvalue weighted by molar-refractivity contribution is 4.58. The highest BCUT2D eigenvalue weighted by Gasteiger charge is 2.04. The Kier molecular flexibility index (Phi) is 30.0. The Morgan fingerprint density at radius 1 is 0.303 bits per heavy atom. The van der Waals surface area contributed by atoms with Crippen LogP contribution in [0.5, 0.6) is 0 Å². The van der Waals surface area contributed by atoms with Crippen molar-refractivity contribution in [2.24, 2.45) is 0 Å². The van der Waals surface area contributed by atoms with Crippen molar-refractivity contribution in [3.8, 4) is 0 Å². The third-order valence-corrected chi connectivity index (χ3v) is 7.53. The van der Waals surface area contributed by atoms with Gasteiger partial charge in [-0.2, -0.15) is 0 Å². The van der Waals surface area contributed by atoms with Gasteiger partial charge in [0.05, 0.1) is 6.10 Å². The second-order valence-corrected chi connectivity index (χ2v) is 11.1. The van der Waals surface area contributed by atoms with Crippen LogP contribution in [-0.4, -0.2) is 11.2 Å². The molecular formula is C32H66O. The normalized spacial score (nSPS) is 12.5. The quantitative estimate of drug-likeness (QED) is 0.109. The third kappa shape index (κ3) is 29.9. The molecule has 1 nitrogen and oxygen atoms in total. The molecule has 0 bridgehead atoms. The monoisotopic (exact) mass is 467 g/mol. The van der Waals surface area contributed by atoms with Crippen LogP contribution in [0.4, 0.5) is 0 Å². The Labute approximate surface area is 211 Å². The maximum Gasteiger partial charge on any atom is 0.0540 e. The summed E-state index contributed by atoms with van der Waals surface area (Å²) in [4.78, 5) is 0. The maximum absolute atomic E-state index is 10.2. The van der Waals surface area contributed by atoms with E-state index < -0.39 is 0 Å². The molecule has 33 heavy (non-hydrogen) atoms. The van der Waals surface area contributed by atoms with Crippen LogP contribution in [0.15, 0.2) is 0 Å². The van der Waals surface area contributed by atoms with Crippen LogP contribution in [0.3, 0.4) is 0 Å². The number of hydrogen-bond acceptors (Lipinski definition) is 1. The average molecular weight is 467 g/mol. The summed E-state index contributed by atoms with van der Waals surface area (Å²) in [5.74, 6) is 0. The van der Waals surface area contributed by atoms with Gasteiger partial charge in [-0.1, -0.05) is 187 Å². The molecule has 1 N–H and O–H groups in total. The summed E-state index contributed by atoms with van der Waals surface area (Å²) >= 11 is 0. The Morgan fingerprint density at radius 3 is 0.697 bits per heavy atom. The van der Waals surface area contributed by atoms with Crippen LogP contribution in [0.1, 0.15) is 200 Å². The zero-order valence-corrected chi connectivity index (χ0v) is 23.5. The van der Waals surface area contributed by atoms with Gasteiger partial charge in [-0.15, -0.1) is 0 Å². The van der Waals surface area contributed by atoms with Crippen molar-refractivity contribution in [1.29, 1.82) is 0 Å². The first-order valence-electron chi connectivity index (χ1n) is 16.0. The van der Waals surface area contributed by atoms with Crippen molar-refractivity contribution >= 4 is 0 Å². The van der Waals surface area contributed by atoms with Gasteiger partial charge in [0.1, 0.15) is 0 Å². The number of hydrogen-bond donors (Lipinski definition) is 1. The molecule has 0 aromatic rings. The van der Waals surface area contributed by atoms with E-state index in [0.717, 1.165) is 12.8 Å². The number of aliphatic hydroxyl groups is 1. The number of aliphatic hydroxyl groups excluding tert-OH is 1. The maximum atomic E-state index is 10.2. The molecule has 0 radical (unpaired) electrons. The summed E-state index contributed by atoms with van der Waals surface area (Å²) < 4.78 is 0. The van der Waals surface area contributed by atoms with Crippen LogP contribution in [0, 0.1) is 0 Å². The fourth-order valence-corrected chi connectivity index (χ4v) is 5.12. The van der Waals surface area contributed by atoms with Gasteiger partial charge in [-0.3, -0.25) is 0 Å². The number of unbranched alkanes of at least 4 members (excludes halogenated alkanes) is 25. The molecule has 0 heterocycles. The van der Waals surface area contributed by atoms with Crippen molar-refractivity contribution in [3.63, 3.8) is 0 Å². The van der Waals surface area contributed by atoms with E-state index in [4.69, 9.17) is 0 Å². The van der Waals surface area contributed by atoms with E-state index in [1.165, 1.54) is 173 Å². The minimum atomic E-state index is -0.0322. The first-order valence-corrected chi connectivity index (χ1v) is 16.0. The van der Waals surface area contributed by atoms with E-state index >= 15 is 0 Å². The van der Waals surface area contributed by atoms with Crippen LogP contribution >= 0.6 is 0 Å². The van der Waals surface area contributed by atoms with E-state index in [2.05, 4.69) is 13.8 Å². The summed E-state index contributed by atoms with van der Waals surface area (Å²) in [5.41, 5.74) is 0. The van der Waals surface area contributed by atoms with E-state index in [1.807, 2.05) is 0 Å². The largest absolute Gasteiger partial charge is 0.393 e. The molecule has 0 saturated carbocycles. The lowest BCUT2D eigenvalue weighted by Crippen LogP contribution is -2.05. The Balaban J connectivity index is 3.12. The Morgan fingerprint density at radius 2 is 0.485 bits per heavy atom. The van der Waals surface area contributed by atoms with Gasteiger partial charge in [0.25, 0.3) is 0 Å². The molecule has 0 saturated heterocycles. The molecule has 0 rings (SSSR count). The van der Waals surface area contributed by atoms with Crippen molar-refractivity contribution in [3.05, 3.63) is 0 Å². The van der Waals surface area contributed by atoms with E-state index in [0.29, 0.717) is 0 Å². The number of rotatable bonds is 29. The van der Waals surface area contributed by atoms with Crippen molar-refractivity contribution < 1.29 is 5.11 Å². The summed E-state index contributed by atoms with van der Waals surface area (Å²) in [5, 5.41) is 10.2. The van der Waals surface area contributed by atoms with Crippen LogP contribution in [0.2, 0.25) is 0 Å². The fraction of sp³-hybridized carbons (Fsp3) is 1.00. The molecule has 0 aromatic carbocycles. The second-order valence-electron chi connectivity index (χ2n) is 11.1. The Hall–Kier alpha value is -0.0400. The Bertz CT molecular complexity index is 326. The smallest absolute Gasteiger partial charge is 0.0540 e. The van der Waals surface area contributed by atoms with Gasteiger partial charge in [-0.05, 0) is 12.8 Å². The van der Waals surface area contributed by atoms with Crippen LogP contribution in [-0.2, 0) is 0 Å². The van der Waals surface area contributed by atoms with Gasteiger partial charge in [0.2, 0.25) is 0 Å². The lowest BCUT2D eigenvalue weighted by molar-refractivity contribution is 0.147. The average Bonchev–Trinajstić information content (AvgIpc) is 2.82. The van der Waals surface area contributed by atoms with E-state index in [1.54, 1.807) is 0 Å².